The molecule has 0 amide bonds. The van der Waals surface area contributed by atoms with Crippen molar-refractivity contribution in [3.05, 3.63) is 0 Å². The van der Waals surface area contributed by atoms with Crippen LogP contribution in [0.2, 0.25) is 0 Å². The Hall–Kier alpha value is -1.19. The van der Waals surface area contributed by atoms with E-state index in [9.17, 15) is 14.4 Å². The molecule has 3 fully saturated rings. The third-order valence-electron chi connectivity index (χ3n) is 5.40. The Morgan fingerprint density at radius 1 is 1.22 bits per heavy atom. The van der Waals surface area contributed by atoms with Crippen molar-refractivity contribution < 1.29 is 19.5 Å². The van der Waals surface area contributed by atoms with Crippen molar-refractivity contribution in [3.63, 3.8) is 0 Å². The zero-order valence-electron chi connectivity index (χ0n) is 10.5. The number of carboxylic acids is 1. The van der Waals surface area contributed by atoms with Gasteiger partial charge in [-0.15, -0.1) is 0 Å². The molecule has 2 bridgehead atoms. The van der Waals surface area contributed by atoms with Gasteiger partial charge < -0.3 is 5.11 Å². The van der Waals surface area contributed by atoms with Gasteiger partial charge in [-0.2, -0.15) is 0 Å². The molecule has 0 radical (unpaired) electrons. The van der Waals surface area contributed by atoms with E-state index in [1.54, 1.807) is 6.92 Å². The second-order valence-corrected chi connectivity index (χ2v) is 6.23. The summed E-state index contributed by atoms with van der Waals surface area (Å²) in [4.78, 5) is 34.6. The number of hydrogen-bond donors (Lipinski definition) is 1. The fraction of sp³-hybridized carbons (Fsp3) is 0.786. The first kappa shape index (κ1) is 11.9. The smallest absolute Gasteiger partial charge is 0.304 e. The van der Waals surface area contributed by atoms with Gasteiger partial charge in [0.05, 0.1) is 6.42 Å². The van der Waals surface area contributed by atoms with E-state index < -0.39 is 5.97 Å². The van der Waals surface area contributed by atoms with Crippen molar-refractivity contribution in [2.45, 2.75) is 32.6 Å². The molecule has 6 atom stereocenters. The lowest BCUT2D eigenvalue weighted by atomic mass is 9.74. The number of aliphatic carboxylic acids is 1. The Bertz CT molecular complexity index is 428. The number of carboxylic acid groups (broad SMARTS) is 1. The van der Waals surface area contributed by atoms with Gasteiger partial charge in [-0.3, -0.25) is 14.4 Å². The van der Waals surface area contributed by atoms with Crippen LogP contribution in [0.1, 0.15) is 32.6 Å². The molecular weight excluding hydrogens is 232 g/mol. The number of ketones is 2. The molecule has 0 aromatic carbocycles. The average molecular weight is 250 g/mol. The van der Waals surface area contributed by atoms with Gasteiger partial charge in [0.25, 0.3) is 0 Å². The Morgan fingerprint density at radius 3 is 2.56 bits per heavy atom. The summed E-state index contributed by atoms with van der Waals surface area (Å²) in [6.07, 6.45) is 2.52. The highest BCUT2D eigenvalue weighted by Crippen LogP contribution is 2.61. The van der Waals surface area contributed by atoms with Gasteiger partial charge >= 0.3 is 5.97 Å². The fourth-order valence-corrected chi connectivity index (χ4v) is 4.84. The van der Waals surface area contributed by atoms with E-state index >= 15 is 0 Å². The fourth-order valence-electron chi connectivity index (χ4n) is 4.84. The van der Waals surface area contributed by atoms with Crippen molar-refractivity contribution in [1.29, 1.82) is 0 Å². The van der Waals surface area contributed by atoms with Crippen LogP contribution in [-0.4, -0.2) is 22.6 Å². The molecule has 0 aromatic heterocycles. The minimum absolute atomic E-state index is 0.0317. The van der Waals surface area contributed by atoms with Gasteiger partial charge in [-0.25, -0.2) is 0 Å². The second kappa shape index (κ2) is 3.90. The maximum atomic E-state index is 12.2. The van der Waals surface area contributed by atoms with Crippen molar-refractivity contribution in [1.82, 2.24) is 0 Å². The zero-order valence-corrected chi connectivity index (χ0v) is 10.5. The predicted molar refractivity (Wildman–Crippen MR) is 62.7 cm³/mol. The summed E-state index contributed by atoms with van der Waals surface area (Å²) >= 11 is 0. The molecule has 0 heterocycles. The molecule has 6 unspecified atom stereocenters. The zero-order chi connectivity index (χ0) is 13.0. The van der Waals surface area contributed by atoms with Crippen LogP contribution >= 0.6 is 0 Å². The summed E-state index contributed by atoms with van der Waals surface area (Å²) in [7, 11) is 0. The van der Waals surface area contributed by atoms with Gasteiger partial charge in [0.1, 0.15) is 11.6 Å². The third kappa shape index (κ3) is 1.54. The lowest BCUT2D eigenvalue weighted by Gasteiger charge is -2.28. The lowest BCUT2D eigenvalue weighted by Crippen LogP contribution is -2.31. The number of Topliss-reactive ketones (excluding diaryl/α,β-unsaturated/α-hetero) is 2. The van der Waals surface area contributed by atoms with E-state index in [4.69, 9.17) is 5.11 Å². The number of carbonyl (C=O) groups is 3. The van der Waals surface area contributed by atoms with Crippen LogP contribution in [0.5, 0.6) is 0 Å². The Kier molecular flexibility index (Phi) is 2.57. The summed E-state index contributed by atoms with van der Waals surface area (Å²) in [5, 5.41) is 8.84. The maximum Gasteiger partial charge on any atom is 0.304 e. The van der Waals surface area contributed by atoms with Gasteiger partial charge in [-0.05, 0) is 43.9 Å². The Balaban J connectivity index is 1.79. The molecule has 98 valence electrons. The summed E-state index contributed by atoms with van der Waals surface area (Å²) in [6, 6.07) is 0. The highest BCUT2D eigenvalue weighted by atomic mass is 16.4. The van der Waals surface area contributed by atoms with Crippen molar-refractivity contribution in [2.24, 2.45) is 35.5 Å². The molecule has 0 aromatic rings. The molecule has 4 heteroatoms. The molecule has 3 aliphatic rings. The predicted octanol–water partition coefficient (Wildman–Crippen LogP) is 1.53. The normalized spacial score (nSPS) is 45.3. The lowest BCUT2D eigenvalue weighted by molar-refractivity contribution is -0.140. The van der Waals surface area contributed by atoms with E-state index in [0.29, 0.717) is 18.3 Å². The van der Waals surface area contributed by atoms with Crippen LogP contribution in [0, 0.1) is 35.5 Å². The van der Waals surface area contributed by atoms with Crippen molar-refractivity contribution in [2.75, 3.05) is 0 Å². The summed E-state index contributed by atoms with van der Waals surface area (Å²) in [6.45, 7) is 1.64. The topological polar surface area (TPSA) is 71.4 Å². The molecule has 3 saturated carbocycles. The third-order valence-corrected chi connectivity index (χ3v) is 5.40. The first-order chi connectivity index (χ1) is 8.49. The largest absolute Gasteiger partial charge is 0.481 e. The minimum Gasteiger partial charge on any atom is -0.481 e. The van der Waals surface area contributed by atoms with Crippen LogP contribution in [0.25, 0.3) is 0 Å². The Labute approximate surface area is 106 Å². The second-order valence-electron chi connectivity index (χ2n) is 6.23. The van der Waals surface area contributed by atoms with E-state index in [1.807, 2.05) is 0 Å². The standard InChI is InChI=1S/C14H18O4/c1-6(15)9-2-7-3-10(9)11-4-8(5-12(16)17)14(18)13(7)11/h7-11,13H,2-5H2,1H3,(H,16,17). The molecule has 1 N–H and O–H groups in total. The summed E-state index contributed by atoms with van der Waals surface area (Å²) < 4.78 is 0. The highest BCUT2D eigenvalue weighted by molar-refractivity contribution is 5.90. The molecule has 0 aliphatic heterocycles. The highest BCUT2D eigenvalue weighted by Gasteiger charge is 2.60. The summed E-state index contributed by atoms with van der Waals surface area (Å²) in [5.74, 6) is 0.404. The molecule has 4 nitrogen and oxygen atoms in total. The van der Waals surface area contributed by atoms with Crippen LogP contribution in [0.3, 0.4) is 0 Å². The molecule has 18 heavy (non-hydrogen) atoms. The van der Waals surface area contributed by atoms with Crippen LogP contribution in [-0.2, 0) is 14.4 Å². The Morgan fingerprint density at radius 2 is 1.94 bits per heavy atom. The van der Waals surface area contributed by atoms with Crippen LogP contribution in [0.15, 0.2) is 0 Å². The monoisotopic (exact) mass is 250 g/mol. The van der Waals surface area contributed by atoms with Gasteiger partial charge in [0, 0.05) is 17.8 Å². The average Bonchev–Trinajstić information content (AvgIpc) is 2.90. The van der Waals surface area contributed by atoms with Crippen LogP contribution in [0.4, 0.5) is 0 Å². The minimum atomic E-state index is -0.885. The van der Waals surface area contributed by atoms with E-state index in [0.717, 1.165) is 12.8 Å². The molecule has 3 rings (SSSR count). The van der Waals surface area contributed by atoms with Gasteiger partial charge in [0.2, 0.25) is 0 Å². The van der Waals surface area contributed by atoms with E-state index in [1.165, 1.54) is 0 Å². The SMILES string of the molecule is CC(=O)C1CC2CC1C1CC(CC(=O)O)C(=O)C21. The van der Waals surface area contributed by atoms with Gasteiger partial charge in [-0.1, -0.05) is 0 Å². The first-order valence-corrected chi connectivity index (χ1v) is 6.75. The van der Waals surface area contributed by atoms with Crippen molar-refractivity contribution >= 4 is 17.5 Å². The van der Waals surface area contributed by atoms with E-state index in [-0.39, 0.29) is 41.7 Å². The molecule has 3 aliphatic carbocycles. The summed E-state index contributed by atoms with van der Waals surface area (Å²) in [5.41, 5.74) is 0. The van der Waals surface area contributed by atoms with Gasteiger partial charge in [0.15, 0.2) is 0 Å². The number of carbonyl (C=O) groups excluding carboxylic acids is 2. The molecular formula is C14H18O4. The quantitative estimate of drug-likeness (QED) is 0.824. The number of hydrogen-bond acceptors (Lipinski definition) is 3. The van der Waals surface area contributed by atoms with Crippen molar-refractivity contribution in [3.8, 4) is 0 Å². The number of fused-ring (bicyclic) bond motifs is 5. The first-order valence-electron chi connectivity index (χ1n) is 6.75. The number of rotatable bonds is 3. The van der Waals surface area contributed by atoms with Crippen LogP contribution < -0.4 is 0 Å². The molecule has 0 spiro atoms. The maximum absolute atomic E-state index is 12.2. The van der Waals surface area contributed by atoms with E-state index in [2.05, 4.69) is 0 Å². The molecule has 0 saturated heterocycles.